The first-order valence-electron chi connectivity index (χ1n) is 11.4. The lowest BCUT2D eigenvalue weighted by Crippen LogP contribution is -2.57. The monoisotopic (exact) mass is 455 g/mol. The lowest BCUT2D eigenvalue weighted by Gasteiger charge is -2.42. The number of aliphatic hydroxyl groups excluding tert-OH is 1. The van der Waals surface area contributed by atoms with Gasteiger partial charge in [0.15, 0.2) is 0 Å². The topological polar surface area (TPSA) is 47.0 Å². The second-order valence-corrected chi connectivity index (χ2v) is 9.23. The van der Waals surface area contributed by atoms with Crippen LogP contribution in [-0.2, 0) is 6.42 Å². The van der Waals surface area contributed by atoms with Gasteiger partial charge < -0.3 is 19.8 Å². The Labute approximate surface area is 193 Å². The van der Waals surface area contributed by atoms with Gasteiger partial charge in [0, 0.05) is 31.6 Å². The molecule has 0 spiro atoms. The molecule has 33 heavy (non-hydrogen) atoms. The summed E-state index contributed by atoms with van der Waals surface area (Å²) in [5.74, 6) is -1.09. The van der Waals surface area contributed by atoms with Crippen molar-refractivity contribution < 1.29 is 18.7 Å². The number of amides is 2. The molecule has 2 aliphatic heterocycles. The van der Waals surface area contributed by atoms with Crippen LogP contribution in [0.2, 0.25) is 0 Å². The number of rotatable bonds is 5. The highest BCUT2D eigenvalue weighted by molar-refractivity contribution is 5.83. The zero-order chi connectivity index (χ0) is 23.6. The molecule has 0 unspecified atom stereocenters. The quantitative estimate of drug-likeness (QED) is 0.747. The Kier molecular flexibility index (Phi) is 6.81. The van der Waals surface area contributed by atoms with E-state index in [1.807, 2.05) is 30.3 Å². The van der Waals surface area contributed by atoms with Gasteiger partial charge in [0.05, 0.1) is 12.1 Å². The van der Waals surface area contributed by atoms with Crippen LogP contribution in [0, 0.1) is 11.6 Å². The average Bonchev–Trinajstić information content (AvgIpc) is 3.20. The maximum absolute atomic E-state index is 14.6. The van der Waals surface area contributed by atoms with Crippen LogP contribution < -0.4 is 0 Å². The van der Waals surface area contributed by atoms with Gasteiger partial charge in [-0.3, -0.25) is 0 Å². The third kappa shape index (κ3) is 4.80. The summed E-state index contributed by atoms with van der Waals surface area (Å²) in [6.07, 6.45) is 3.86. The minimum absolute atomic E-state index is 0.0942. The van der Waals surface area contributed by atoms with Crippen molar-refractivity contribution in [3.8, 4) is 0 Å². The maximum Gasteiger partial charge on any atom is 0.321 e. The van der Waals surface area contributed by atoms with Crippen LogP contribution >= 0.6 is 0 Å². The van der Waals surface area contributed by atoms with Crippen LogP contribution in [0.25, 0.3) is 5.57 Å². The largest absolute Gasteiger partial charge is 0.394 e. The second-order valence-electron chi connectivity index (χ2n) is 9.23. The number of aliphatic hydroxyl groups is 1. The van der Waals surface area contributed by atoms with Crippen molar-refractivity contribution in [1.82, 2.24) is 14.7 Å². The predicted molar refractivity (Wildman–Crippen MR) is 125 cm³/mol. The first-order chi connectivity index (χ1) is 15.8. The molecule has 2 aliphatic rings. The summed E-state index contributed by atoms with van der Waals surface area (Å²) in [4.78, 5) is 19.4. The zero-order valence-corrected chi connectivity index (χ0v) is 19.2. The molecule has 0 radical (unpaired) electrons. The molecule has 5 nitrogen and oxygen atoms in total. The fourth-order valence-corrected chi connectivity index (χ4v) is 4.95. The Morgan fingerprint density at radius 1 is 1.15 bits per heavy atom. The number of piperidine rings is 1. The van der Waals surface area contributed by atoms with Crippen LogP contribution in [-0.4, -0.2) is 77.8 Å². The molecule has 1 fully saturated rings. The van der Waals surface area contributed by atoms with Gasteiger partial charge in [0.25, 0.3) is 0 Å². The standard InChI is InChI=1S/C26H31F2N3O2/c1-29-12-10-22(11-13-29)30(2)25(33)31-17-20(23-14-21(27)8-9-24(23)28)16-26(31,18-32)15-19-6-4-3-5-7-19/h3-9,14,16,22,32H,10-13,15,17-18H2,1-2H3/t26-/m1/s1. The summed E-state index contributed by atoms with van der Waals surface area (Å²) in [5, 5.41) is 10.6. The van der Waals surface area contributed by atoms with E-state index in [-0.39, 0.29) is 30.8 Å². The van der Waals surface area contributed by atoms with E-state index in [2.05, 4.69) is 11.9 Å². The van der Waals surface area contributed by atoms with Gasteiger partial charge >= 0.3 is 6.03 Å². The molecule has 2 aromatic carbocycles. The Balaban J connectivity index is 1.69. The molecule has 1 N–H and O–H groups in total. The predicted octanol–water partition coefficient (Wildman–Crippen LogP) is 3.78. The smallest absolute Gasteiger partial charge is 0.321 e. The molecule has 2 aromatic rings. The number of hydrogen-bond donors (Lipinski definition) is 1. The lowest BCUT2D eigenvalue weighted by molar-refractivity contribution is 0.0715. The fraction of sp³-hybridized carbons (Fsp3) is 0.423. The van der Waals surface area contributed by atoms with Crippen molar-refractivity contribution in [2.24, 2.45) is 0 Å². The fourth-order valence-electron chi connectivity index (χ4n) is 4.95. The number of hydrogen-bond acceptors (Lipinski definition) is 3. The molecule has 1 saturated heterocycles. The van der Waals surface area contributed by atoms with Gasteiger partial charge in [-0.2, -0.15) is 0 Å². The van der Waals surface area contributed by atoms with Gasteiger partial charge in [-0.15, -0.1) is 0 Å². The van der Waals surface area contributed by atoms with Gasteiger partial charge in [-0.05, 0) is 62.3 Å². The summed E-state index contributed by atoms with van der Waals surface area (Å²) < 4.78 is 28.6. The minimum atomic E-state index is -1.05. The van der Waals surface area contributed by atoms with E-state index in [0.717, 1.165) is 49.7 Å². The number of urea groups is 1. The molecular formula is C26H31F2N3O2. The summed E-state index contributed by atoms with van der Waals surface area (Å²) in [7, 11) is 3.86. The summed E-state index contributed by atoms with van der Waals surface area (Å²) >= 11 is 0. The Bertz CT molecular complexity index is 1020. The number of nitrogens with zero attached hydrogens (tertiary/aromatic N) is 3. The first-order valence-corrected chi connectivity index (χ1v) is 11.4. The number of carbonyl (C=O) groups is 1. The average molecular weight is 456 g/mol. The number of halogens is 2. The SMILES string of the molecule is CN1CCC(N(C)C(=O)N2CC(c3cc(F)ccc3F)=C[C@@]2(CO)Cc2ccccc2)CC1. The minimum Gasteiger partial charge on any atom is -0.394 e. The first kappa shape index (κ1) is 23.4. The van der Waals surface area contributed by atoms with Crippen LogP contribution in [0.1, 0.15) is 24.0 Å². The van der Waals surface area contributed by atoms with Gasteiger partial charge in [0.2, 0.25) is 0 Å². The van der Waals surface area contributed by atoms with Gasteiger partial charge in [-0.1, -0.05) is 36.4 Å². The van der Waals surface area contributed by atoms with Crippen molar-refractivity contribution in [2.45, 2.75) is 30.8 Å². The molecule has 2 heterocycles. The molecule has 0 bridgehead atoms. The van der Waals surface area contributed by atoms with Gasteiger partial charge in [0.1, 0.15) is 11.6 Å². The highest BCUT2D eigenvalue weighted by Crippen LogP contribution is 2.37. The zero-order valence-electron chi connectivity index (χ0n) is 19.2. The number of likely N-dealkylation sites (tertiary alicyclic amines) is 1. The normalized spacial score (nSPS) is 21.8. The van der Waals surface area contributed by atoms with E-state index in [4.69, 9.17) is 0 Å². The van der Waals surface area contributed by atoms with Crippen LogP contribution in [0.15, 0.2) is 54.6 Å². The molecule has 2 amide bonds. The van der Waals surface area contributed by atoms with E-state index in [9.17, 15) is 18.7 Å². The Morgan fingerprint density at radius 3 is 2.52 bits per heavy atom. The molecule has 7 heteroatoms. The maximum atomic E-state index is 14.6. The van der Waals surface area contributed by atoms with Crippen LogP contribution in [0.5, 0.6) is 0 Å². The van der Waals surface area contributed by atoms with Crippen molar-refractivity contribution in [3.05, 3.63) is 77.4 Å². The third-order valence-corrected chi connectivity index (χ3v) is 6.98. The highest BCUT2D eigenvalue weighted by atomic mass is 19.1. The molecule has 4 rings (SSSR count). The molecule has 0 aromatic heterocycles. The van der Waals surface area contributed by atoms with E-state index >= 15 is 0 Å². The van der Waals surface area contributed by atoms with Crippen molar-refractivity contribution in [2.75, 3.05) is 40.3 Å². The number of benzene rings is 2. The van der Waals surface area contributed by atoms with Crippen molar-refractivity contribution >= 4 is 11.6 Å². The second kappa shape index (κ2) is 9.61. The van der Waals surface area contributed by atoms with E-state index in [1.54, 1.807) is 22.9 Å². The Hall–Kier alpha value is -2.77. The Morgan fingerprint density at radius 2 is 1.85 bits per heavy atom. The van der Waals surface area contributed by atoms with Crippen LogP contribution in [0.3, 0.4) is 0 Å². The molecule has 1 atom stereocenters. The van der Waals surface area contributed by atoms with E-state index < -0.39 is 17.2 Å². The van der Waals surface area contributed by atoms with Gasteiger partial charge in [-0.25, -0.2) is 13.6 Å². The van der Waals surface area contributed by atoms with Crippen molar-refractivity contribution in [1.29, 1.82) is 0 Å². The van der Waals surface area contributed by atoms with Crippen LogP contribution in [0.4, 0.5) is 13.6 Å². The summed E-state index contributed by atoms with van der Waals surface area (Å²) in [6, 6.07) is 12.8. The summed E-state index contributed by atoms with van der Waals surface area (Å²) in [5.41, 5.74) is 0.524. The van der Waals surface area contributed by atoms with E-state index in [0.29, 0.717) is 12.0 Å². The lowest BCUT2D eigenvalue weighted by atomic mass is 9.90. The molecule has 176 valence electrons. The van der Waals surface area contributed by atoms with E-state index in [1.165, 1.54) is 0 Å². The van der Waals surface area contributed by atoms with Crippen molar-refractivity contribution in [3.63, 3.8) is 0 Å². The summed E-state index contributed by atoms with van der Waals surface area (Å²) in [6.45, 7) is 1.60. The molecule has 0 saturated carbocycles. The molecule has 0 aliphatic carbocycles. The highest BCUT2D eigenvalue weighted by Gasteiger charge is 2.45. The molecular weight excluding hydrogens is 424 g/mol. The third-order valence-electron chi connectivity index (χ3n) is 6.98. The number of carbonyl (C=O) groups excluding carboxylic acids is 1.